The monoisotopic (exact) mass is 139 g/mol. The van der Waals surface area contributed by atoms with Gasteiger partial charge in [0.05, 0.1) is 6.54 Å². The van der Waals surface area contributed by atoms with E-state index in [2.05, 4.69) is 18.7 Å². The molecule has 1 atom stereocenters. The molecule has 0 saturated carbocycles. The third-order valence-electron chi connectivity index (χ3n) is 1.35. The zero-order chi connectivity index (χ0) is 7.82. The molecule has 0 fully saturated rings. The lowest BCUT2D eigenvalue weighted by atomic mass is 9.71. The summed E-state index contributed by atoms with van der Waals surface area (Å²) in [6.45, 7) is 2.53. The first kappa shape index (κ1) is 9.54. The number of methoxy groups -OCH3 is 1. The topological polar surface area (TPSA) is 35.2 Å². The Bertz CT molecular complexity index is 123. The zero-order valence-electron chi connectivity index (χ0n) is 6.68. The SMILES string of the molecule is CCC(BC#CCN)OC. The van der Waals surface area contributed by atoms with Crippen LogP contribution in [0.2, 0.25) is 0 Å². The highest BCUT2D eigenvalue weighted by atomic mass is 16.5. The number of hydrogen-bond donors (Lipinski definition) is 1. The van der Waals surface area contributed by atoms with Crippen molar-refractivity contribution in [3.05, 3.63) is 0 Å². The smallest absolute Gasteiger partial charge is 0.246 e. The van der Waals surface area contributed by atoms with Crippen LogP contribution in [0, 0.1) is 11.7 Å². The molecule has 56 valence electrons. The minimum atomic E-state index is 0.277. The van der Waals surface area contributed by atoms with Crippen LogP contribution in [-0.4, -0.2) is 26.9 Å². The van der Waals surface area contributed by atoms with Gasteiger partial charge in [0.1, 0.15) is 0 Å². The van der Waals surface area contributed by atoms with Crippen molar-refractivity contribution in [2.75, 3.05) is 13.7 Å². The first-order valence-electron chi connectivity index (χ1n) is 3.53. The molecule has 0 amide bonds. The molecule has 0 aromatic heterocycles. The first-order valence-corrected chi connectivity index (χ1v) is 3.53. The molecular formula is C7H14BNO. The van der Waals surface area contributed by atoms with Crippen LogP contribution >= 0.6 is 0 Å². The molecule has 0 rings (SSSR count). The molecule has 0 aliphatic carbocycles. The van der Waals surface area contributed by atoms with Crippen molar-refractivity contribution in [1.29, 1.82) is 0 Å². The highest BCUT2D eigenvalue weighted by Gasteiger charge is 2.01. The van der Waals surface area contributed by atoms with Gasteiger partial charge >= 0.3 is 0 Å². The van der Waals surface area contributed by atoms with Gasteiger partial charge in [0.2, 0.25) is 7.28 Å². The second-order valence-corrected chi connectivity index (χ2v) is 2.03. The summed E-state index contributed by atoms with van der Waals surface area (Å²) in [5.74, 6) is 5.73. The summed E-state index contributed by atoms with van der Waals surface area (Å²) in [5.41, 5.74) is 5.18. The Morgan fingerprint density at radius 3 is 2.80 bits per heavy atom. The third kappa shape index (κ3) is 4.43. The lowest BCUT2D eigenvalue weighted by molar-refractivity contribution is 0.162. The lowest BCUT2D eigenvalue weighted by Crippen LogP contribution is -2.16. The van der Waals surface area contributed by atoms with Gasteiger partial charge in [-0.25, -0.2) is 0 Å². The summed E-state index contributed by atoms with van der Waals surface area (Å²) < 4.78 is 5.10. The van der Waals surface area contributed by atoms with Gasteiger partial charge in [-0.15, -0.1) is 5.92 Å². The minimum Gasteiger partial charge on any atom is -0.389 e. The molecule has 3 heteroatoms. The van der Waals surface area contributed by atoms with Crippen molar-refractivity contribution < 1.29 is 4.74 Å². The van der Waals surface area contributed by atoms with E-state index in [4.69, 9.17) is 10.5 Å². The van der Waals surface area contributed by atoms with Crippen LogP contribution in [-0.2, 0) is 4.74 Å². The predicted molar refractivity (Wildman–Crippen MR) is 45.1 cm³/mol. The van der Waals surface area contributed by atoms with E-state index < -0.39 is 0 Å². The number of nitrogens with two attached hydrogens (primary N) is 1. The molecule has 0 aliphatic heterocycles. The first-order chi connectivity index (χ1) is 4.85. The van der Waals surface area contributed by atoms with Crippen molar-refractivity contribution in [3.8, 4) is 11.7 Å². The largest absolute Gasteiger partial charge is 0.389 e. The van der Waals surface area contributed by atoms with Gasteiger partial charge in [0.15, 0.2) is 0 Å². The maximum Gasteiger partial charge on any atom is 0.246 e. The highest BCUT2D eigenvalue weighted by molar-refractivity contribution is 6.47. The van der Waals surface area contributed by atoms with E-state index in [1.807, 2.05) is 0 Å². The van der Waals surface area contributed by atoms with E-state index in [-0.39, 0.29) is 6.00 Å². The molecule has 0 bridgehead atoms. The quantitative estimate of drug-likeness (QED) is 0.431. The molecular weight excluding hydrogens is 125 g/mol. The van der Waals surface area contributed by atoms with E-state index >= 15 is 0 Å². The second kappa shape index (κ2) is 6.66. The average molecular weight is 139 g/mol. The molecule has 10 heavy (non-hydrogen) atoms. The van der Waals surface area contributed by atoms with E-state index in [0.29, 0.717) is 6.54 Å². The lowest BCUT2D eigenvalue weighted by Gasteiger charge is -2.05. The van der Waals surface area contributed by atoms with Crippen LogP contribution < -0.4 is 5.73 Å². The predicted octanol–water partition coefficient (Wildman–Crippen LogP) is -0.275. The van der Waals surface area contributed by atoms with Crippen molar-refractivity contribution >= 4 is 7.28 Å². The van der Waals surface area contributed by atoms with Crippen LogP contribution in [0.5, 0.6) is 0 Å². The van der Waals surface area contributed by atoms with Crippen LogP contribution in [0.25, 0.3) is 0 Å². The fourth-order valence-electron chi connectivity index (χ4n) is 0.653. The van der Waals surface area contributed by atoms with Gasteiger partial charge in [-0.05, 0) is 6.42 Å². The molecule has 2 nitrogen and oxygen atoms in total. The summed E-state index contributed by atoms with van der Waals surface area (Å²) in [7, 11) is 2.50. The number of ether oxygens (including phenoxy) is 1. The second-order valence-electron chi connectivity index (χ2n) is 2.03. The van der Waals surface area contributed by atoms with Crippen LogP contribution in [0.15, 0.2) is 0 Å². The number of hydrogen-bond acceptors (Lipinski definition) is 2. The Hall–Kier alpha value is -0.455. The molecule has 0 aliphatic rings. The summed E-state index contributed by atoms with van der Waals surface area (Å²) in [5, 5.41) is 0. The van der Waals surface area contributed by atoms with Gasteiger partial charge in [-0.2, -0.15) is 5.82 Å². The number of rotatable bonds is 3. The highest BCUT2D eigenvalue weighted by Crippen LogP contribution is 1.91. The summed E-state index contributed by atoms with van der Waals surface area (Å²) in [4.78, 5) is 0. The maximum atomic E-state index is 5.18. The fourth-order valence-corrected chi connectivity index (χ4v) is 0.653. The Kier molecular flexibility index (Phi) is 6.36. The van der Waals surface area contributed by atoms with Gasteiger partial charge in [-0.1, -0.05) is 6.92 Å². The van der Waals surface area contributed by atoms with E-state index in [0.717, 1.165) is 13.7 Å². The Morgan fingerprint density at radius 2 is 2.40 bits per heavy atom. The van der Waals surface area contributed by atoms with E-state index in [1.165, 1.54) is 0 Å². The van der Waals surface area contributed by atoms with Gasteiger partial charge in [-0.3, -0.25) is 0 Å². The van der Waals surface area contributed by atoms with Crippen LogP contribution in [0.4, 0.5) is 0 Å². The van der Waals surface area contributed by atoms with E-state index in [1.54, 1.807) is 7.11 Å². The molecule has 1 unspecified atom stereocenters. The Morgan fingerprint density at radius 1 is 1.70 bits per heavy atom. The molecule has 2 N–H and O–H groups in total. The normalized spacial score (nSPS) is 11.5. The van der Waals surface area contributed by atoms with Crippen molar-refractivity contribution in [1.82, 2.24) is 0 Å². The zero-order valence-corrected chi connectivity index (χ0v) is 6.68. The fraction of sp³-hybridized carbons (Fsp3) is 0.714. The Labute approximate surface area is 63.4 Å². The third-order valence-corrected chi connectivity index (χ3v) is 1.35. The maximum absolute atomic E-state index is 5.18. The minimum absolute atomic E-state index is 0.277. The van der Waals surface area contributed by atoms with Crippen molar-refractivity contribution in [3.63, 3.8) is 0 Å². The van der Waals surface area contributed by atoms with Crippen molar-refractivity contribution in [2.24, 2.45) is 5.73 Å². The molecule has 0 aromatic rings. The molecule has 0 radical (unpaired) electrons. The summed E-state index contributed by atoms with van der Waals surface area (Å²) in [6.07, 6.45) is 1.01. The Balaban J connectivity index is 3.43. The van der Waals surface area contributed by atoms with Gasteiger partial charge in [0, 0.05) is 13.1 Å². The standard InChI is InChI=1S/C7H14BNO/c1-3-7(10-2)8-5-4-6-9/h7-8H,3,6,9H2,1-2H3. The van der Waals surface area contributed by atoms with Gasteiger partial charge < -0.3 is 10.5 Å². The summed E-state index contributed by atoms with van der Waals surface area (Å²) >= 11 is 0. The van der Waals surface area contributed by atoms with Crippen molar-refractivity contribution in [2.45, 2.75) is 19.3 Å². The molecule has 0 aromatic carbocycles. The van der Waals surface area contributed by atoms with Crippen LogP contribution in [0.3, 0.4) is 0 Å². The molecule has 0 heterocycles. The molecule has 0 saturated heterocycles. The van der Waals surface area contributed by atoms with Crippen LogP contribution in [0.1, 0.15) is 13.3 Å². The van der Waals surface area contributed by atoms with E-state index in [9.17, 15) is 0 Å². The average Bonchev–Trinajstić information content (AvgIpc) is 1.99. The summed E-state index contributed by atoms with van der Waals surface area (Å²) in [6, 6.07) is 0.277. The van der Waals surface area contributed by atoms with Gasteiger partial charge in [0.25, 0.3) is 0 Å². The molecule has 0 spiro atoms.